The molecule has 1 atom stereocenters. The monoisotopic (exact) mass is 270 g/mol. The first-order valence-corrected chi connectivity index (χ1v) is 7.94. The lowest BCUT2D eigenvalue weighted by molar-refractivity contribution is 0.0676. The third-order valence-corrected chi connectivity index (χ3v) is 4.59. The summed E-state index contributed by atoms with van der Waals surface area (Å²) < 4.78 is 5.38. The highest BCUT2D eigenvalue weighted by molar-refractivity contribution is 8.14. The van der Waals surface area contributed by atoms with Crippen molar-refractivity contribution < 1.29 is 4.74 Å². The molecular formula is C14H26N2OS. The molecule has 1 saturated heterocycles. The Bertz CT molecular complexity index is 293. The third-order valence-electron chi connectivity index (χ3n) is 3.44. The molecular weight excluding hydrogens is 244 g/mol. The molecule has 2 aliphatic heterocycles. The number of aliphatic imine (C=N–C) groups is 1. The maximum Gasteiger partial charge on any atom is 0.156 e. The second-order valence-corrected chi connectivity index (χ2v) is 7.88. The molecule has 0 aromatic rings. The standard InChI is InChI=1S/C14H26N2OS/c1-14(2,3)8-12-10-16-13(18-12)15-9-11-4-6-17-7-5-11/h11-12H,4-10H2,1-3H3,(H,15,16). The van der Waals surface area contributed by atoms with Gasteiger partial charge in [-0.2, -0.15) is 0 Å². The summed E-state index contributed by atoms with van der Waals surface area (Å²) in [5.41, 5.74) is 0.406. The van der Waals surface area contributed by atoms with Gasteiger partial charge in [0.1, 0.15) is 0 Å². The number of hydrogen-bond donors (Lipinski definition) is 1. The van der Waals surface area contributed by atoms with Crippen LogP contribution in [0.3, 0.4) is 0 Å². The molecule has 4 heteroatoms. The van der Waals surface area contributed by atoms with Crippen LogP contribution in [0.2, 0.25) is 0 Å². The van der Waals surface area contributed by atoms with Gasteiger partial charge in [-0.05, 0) is 30.6 Å². The molecule has 104 valence electrons. The lowest BCUT2D eigenvalue weighted by atomic mass is 9.90. The zero-order valence-electron chi connectivity index (χ0n) is 11.9. The van der Waals surface area contributed by atoms with E-state index in [1.807, 2.05) is 11.8 Å². The van der Waals surface area contributed by atoms with Crippen molar-refractivity contribution in [1.29, 1.82) is 0 Å². The van der Waals surface area contributed by atoms with Crippen molar-refractivity contribution in [2.24, 2.45) is 16.3 Å². The van der Waals surface area contributed by atoms with Crippen LogP contribution in [0.15, 0.2) is 4.99 Å². The van der Waals surface area contributed by atoms with E-state index in [1.165, 1.54) is 19.3 Å². The van der Waals surface area contributed by atoms with Gasteiger partial charge in [-0.25, -0.2) is 0 Å². The largest absolute Gasteiger partial charge is 0.381 e. The van der Waals surface area contributed by atoms with Gasteiger partial charge < -0.3 is 10.1 Å². The minimum atomic E-state index is 0.406. The van der Waals surface area contributed by atoms with Crippen LogP contribution >= 0.6 is 11.8 Å². The summed E-state index contributed by atoms with van der Waals surface area (Å²) >= 11 is 1.93. The van der Waals surface area contributed by atoms with Crippen molar-refractivity contribution in [2.45, 2.75) is 45.3 Å². The number of thioether (sulfide) groups is 1. The van der Waals surface area contributed by atoms with Crippen molar-refractivity contribution >= 4 is 16.9 Å². The van der Waals surface area contributed by atoms with E-state index in [0.29, 0.717) is 10.7 Å². The topological polar surface area (TPSA) is 33.6 Å². The van der Waals surface area contributed by atoms with E-state index in [4.69, 9.17) is 4.74 Å². The summed E-state index contributed by atoms with van der Waals surface area (Å²) in [7, 11) is 0. The van der Waals surface area contributed by atoms with Gasteiger partial charge in [-0.15, -0.1) is 0 Å². The lowest BCUT2D eigenvalue weighted by Gasteiger charge is -2.23. The molecule has 0 aliphatic carbocycles. The highest BCUT2D eigenvalue weighted by Crippen LogP contribution is 2.31. The number of nitrogens with zero attached hydrogens (tertiary/aromatic N) is 1. The average Bonchev–Trinajstić information content (AvgIpc) is 2.73. The van der Waals surface area contributed by atoms with Gasteiger partial charge in [0.2, 0.25) is 0 Å². The number of ether oxygens (including phenoxy) is 1. The van der Waals surface area contributed by atoms with Gasteiger partial charge in [0, 0.05) is 25.0 Å². The van der Waals surface area contributed by atoms with Crippen molar-refractivity contribution in [3.05, 3.63) is 0 Å². The SMILES string of the molecule is CC(C)(C)CC1CN=C(NCC2CCOCC2)S1. The fourth-order valence-electron chi connectivity index (χ4n) is 2.49. The van der Waals surface area contributed by atoms with E-state index >= 15 is 0 Å². The van der Waals surface area contributed by atoms with Crippen LogP contribution in [0.25, 0.3) is 0 Å². The lowest BCUT2D eigenvalue weighted by Crippen LogP contribution is -2.30. The highest BCUT2D eigenvalue weighted by Gasteiger charge is 2.25. The second kappa shape index (κ2) is 6.29. The van der Waals surface area contributed by atoms with E-state index in [0.717, 1.165) is 37.4 Å². The molecule has 1 N–H and O–H groups in total. The van der Waals surface area contributed by atoms with Crippen LogP contribution in [0.4, 0.5) is 0 Å². The van der Waals surface area contributed by atoms with Gasteiger partial charge in [0.15, 0.2) is 5.17 Å². The Labute approximate surface area is 115 Å². The van der Waals surface area contributed by atoms with E-state index in [1.54, 1.807) is 0 Å². The molecule has 0 radical (unpaired) electrons. The van der Waals surface area contributed by atoms with Gasteiger partial charge in [-0.3, -0.25) is 4.99 Å². The Morgan fingerprint density at radius 3 is 2.72 bits per heavy atom. The minimum absolute atomic E-state index is 0.406. The number of nitrogens with one attached hydrogen (secondary N) is 1. The Morgan fingerprint density at radius 2 is 2.06 bits per heavy atom. The van der Waals surface area contributed by atoms with Crippen LogP contribution in [-0.2, 0) is 4.74 Å². The fraction of sp³-hybridized carbons (Fsp3) is 0.929. The summed E-state index contributed by atoms with van der Waals surface area (Å²) in [5, 5.41) is 5.36. The summed E-state index contributed by atoms with van der Waals surface area (Å²) in [6.07, 6.45) is 3.62. The molecule has 0 aromatic heterocycles. The Kier molecular flexibility index (Phi) is 4.96. The molecule has 1 unspecified atom stereocenters. The molecule has 0 bridgehead atoms. The molecule has 0 spiro atoms. The zero-order valence-corrected chi connectivity index (χ0v) is 12.7. The van der Waals surface area contributed by atoms with Crippen molar-refractivity contribution in [3.8, 4) is 0 Å². The van der Waals surface area contributed by atoms with Gasteiger partial charge in [-0.1, -0.05) is 32.5 Å². The first-order chi connectivity index (χ1) is 8.53. The maximum absolute atomic E-state index is 5.38. The Hall–Kier alpha value is -0.220. The molecule has 2 heterocycles. The molecule has 3 nitrogen and oxygen atoms in total. The zero-order chi connectivity index (χ0) is 13.0. The summed E-state index contributed by atoms with van der Waals surface area (Å²) in [6.45, 7) is 10.8. The molecule has 18 heavy (non-hydrogen) atoms. The van der Waals surface area contributed by atoms with Gasteiger partial charge in [0.25, 0.3) is 0 Å². The van der Waals surface area contributed by atoms with Crippen LogP contribution in [-0.4, -0.2) is 36.7 Å². The summed E-state index contributed by atoms with van der Waals surface area (Å²) in [5.74, 6) is 0.767. The van der Waals surface area contributed by atoms with E-state index < -0.39 is 0 Å². The molecule has 1 fully saturated rings. The van der Waals surface area contributed by atoms with Gasteiger partial charge >= 0.3 is 0 Å². The number of rotatable bonds is 3. The van der Waals surface area contributed by atoms with Crippen molar-refractivity contribution in [2.75, 3.05) is 26.3 Å². The predicted molar refractivity (Wildman–Crippen MR) is 79.3 cm³/mol. The second-order valence-electron chi connectivity index (χ2n) is 6.59. The summed E-state index contributed by atoms with van der Waals surface area (Å²) in [6, 6.07) is 0. The van der Waals surface area contributed by atoms with Crippen LogP contribution in [0, 0.1) is 11.3 Å². The van der Waals surface area contributed by atoms with Gasteiger partial charge in [0.05, 0.1) is 6.54 Å². The summed E-state index contributed by atoms with van der Waals surface area (Å²) in [4.78, 5) is 4.62. The van der Waals surface area contributed by atoms with E-state index in [2.05, 4.69) is 31.1 Å². The maximum atomic E-state index is 5.38. The number of amidine groups is 1. The minimum Gasteiger partial charge on any atom is -0.381 e. The van der Waals surface area contributed by atoms with E-state index in [9.17, 15) is 0 Å². The van der Waals surface area contributed by atoms with Crippen LogP contribution < -0.4 is 5.32 Å². The van der Waals surface area contributed by atoms with Crippen LogP contribution in [0.5, 0.6) is 0 Å². The van der Waals surface area contributed by atoms with E-state index in [-0.39, 0.29) is 0 Å². The smallest absolute Gasteiger partial charge is 0.156 e. The average molecular weight is 270 g/mol. The van der Waals surface area contributed by atoms with Crippen molar-refractivity contribution in [1.82, 2.24) is 5.32 Å². The third kappa shape index (κ3) is 4.81. The first-order valence-electron chi connectivity index (χ1n) is 7.06. The molecule has 0 amide bonds. The Balaban J connectivity index is 1.66. The van der Waals surface area contributed by atoms with Crippen LogP contribution in [0.1, 0.15) is 40.0 Å². The quantitative estimate of drug-likeness (QED) is 0.856. The fourth-order valence-corrected chi connectivity index (χ4v) is 3.85. The normalized spacial score (nSPS) is 26.2. The molecule has 0 saturated carbocycles. The Morgan fingerprint density at radius 1 is 1.33 bits per heavy atom. The highest BCUT2D eigenvalue weighted by atomic mass is 32.2. The first kappa shape index (κ1) is 14.2. The van der Waals surface area contributed by atoms with Crippen molar-refractivity contribution in [3.63, 3.8) is 0 Å². The molecule has 2 aliphatic rings. The number of hydrogen-bond acceptors (Lipinski definition) is 4. The molecule has 0 aromatic carbocycles. The predicted octanol–water partition coefficient (Wildman–Crippen LogP) is 2.91. The molecule has 2 rings (SSSR count).